The molecule has 0 saturated heterocycles. The minimum Gasteiger partial charge on any atom is -0.354 e. The van der Waals surface area contributed by atoms with Crippen molar-refractivity contribution in [3.63, 3.8) is 0 Å². The molecule has 1 unspecified atom stereocenters. The zero-order valence-electron chi connectivity index (χ0n) is 11.3. The summed E-state index contributed by atoms with van der Waals surface area (Å²) in [4.78, 5) is 0. The van der Waals surface area contributed by atoms with Crippen LogP contribution in [0.3, 0.4) is 0 Å². The number of nitrogens with two attached hydrogens (primary N) is 1. The van der Waals surface area contributed by atoms with Gasteiger partial charge in [-0.2, -0.15) is 0 Å². The summed E-state index contributed by atoms with van der Waals surface area (Å²) >= 11 is 0. The monoisotopic (exact) mass is 234 g/mol. The van der Waals surface area contributed by atoms with Gasteiger partial charge < -0.3 is 10.3 Å². The minimum absolute atomic E-state index is 0.277. The smallest absolute Gasteiger partial charge is 0.0312 e. The van der Waals surface area contributed by atoms with E-state index in [0.29, 0.717) is 0 Å². The quantitative estimate of drug-likeness (QED) is 0.792. The summed E-state index contributed by atoms with van der Waals surface area (Å²) < 4.78 is 2.36. The predicted octanol–water partition coefficient (Wildman–Crippen LogP) is 3.65. The van der Waals surface area contributed by atoms with Gasteiger partial charge in [0.1, 0.15) is 0 Å². The minimum atomic E-state index is 0.277. The summed E-state index contributed by atoms with van der Waals surface area (Å²) in [6.45, 7) is 5.74. The number of aromatic nitrogens is 1. The van der Waals surface area contributed by atoms with Crippen LogP contribution >= 0.6 is 0 Å². The van der Waals surface area contributed by atoms with Gasteiger partial charge in [0.15, 0.2) is 0 Å². The molecule has 17 heavy (non-hydrogen) atoms. The van der Waals surface area contributed by atoms with Crippen molar-refractivity contribution in [3.8, 4) is 0 Å². The summed E-state index contributed by atoms with van der Waals surface area (Å²) in [5.74, 6) is 0.811. The molecule has 1 atom stereocenters. The zero-order valence-corrected chi connectivity index (χ0v) is 11.3. The maximum atomic E-state index is 6.22. The molecule has 1 aliphatic rings. The van der Waals surface area contributed by atoms with E-state index in [0.717, 1.165) is 18.9 Å². The third-order valence-corrected chi connectivity index (χ3v) is 3.81. The molecule has 1 aromatic heterocycles. The van der Waals surface area contributed by atoms with Crippen LogP contribution in [0, 0.1) is 5.92 Å². The van der Waals surface area contributed by atoms with E-state index >= 15 is 0 Å². The first kappa shape index (κ1) is 12.7. The van der Waals surface area contributed by atoms with Crippen LogP contribution in [0.2, 0.25) is 0 Å². The predicted molar refractivity (Wildman–Crippen MR) is 73.0 cm³/mol. The lowest BCUT2D eigenvalue weighted by atomic mass is 10.1. The van der Waals surface area contributed by atoms with Crippen LogP contribution in [0.1, 0.15) is 63.1 Å². The largest absolute Gasteiger partial charge is 0.354 e. The van der Waals surface area contributed by atoms with Crippen molar-refractivity contribution in [1.29, 1.82) is 0 Å². The lowest BCUT2D eigenvalue weighted by Gasteiger charge is -2.08. The molecular weight excluding hydrogens is 208 g/mol. The Bertz CT molecular complexity index is 352. The van der Waals surface area contributed by atoms with E-state index in [-0.39, 0.29) is 6.04 Å². The second-order valence-corrected chi connectivity index (χ2v) is 5.86. The number of aryl methyl sites for hydroxylation is 2. The molecule has 2 N–H and O–H groups in total. The molecule has 0 spiro atoms. The highest BCUT2D eigenvalue weighted by molar-refractivity contribution is 5.28. The normalized spacial score (nSPS) is 20.4. The highest BCUT2D eigenvalue weighted by atomic mass is 14.9. The van der Waals surface area contributed by atoms with Crippen molar-refractivity contribution < 1.29 is 0 Å². The third kappa shape index (κ3) is 3.35. The number of rotatable bonds is 4. The summed E-state index contributed by atoms with van der Waals surface area (Å²) in [6.07, 6.45) is 12.2. The second kappa shape index (κ2) is 5.72. The van der Waals surface area contributed by atoms with Gasteiger partial charge in [-0.05, 0) is 49.1 Å². The molecule has 2 rings (SSSR count). The van der Waals surface area contributed by atoms with Crippen LogP contribution in [0.4, 0.5) is 0 Å². The van der Waals surface area contributed by atoms with Crippen LogP contribution in [-0.4, -0.2) is 4.57 Å². The van der Waals surface area contributed by atoms with Gasteiger partial charge in [0, 0.05) is 25.0 Å². The fourth-order valence-electron chi connectivity index (χ4n) is 2.76. The standard InChI is InChI=1S/C15H26N2/c1-12(2)6-5-9-17-10-13-7-3-4-8-15(16)14(13)11-17/h10-12,15H,3-9,16H2,1-2H3. The van der Waals surface area contributed by atoms with Gasteiger partial charge in [-0.15, -0.1) is 0 Å². The number of hydrogen-bond acceptors (Lipinski definition) is 1. The second-order valence-electron chi connectivity index (χ2n) is 5.86. The molecular formula is C15H26N2. The Morgan fingerprint density at radius 3 is 2.94 bits per heavy atom. The summed E-state index contributed by atoms with van der Waals surface area (Å²) in [6, 6.07) is 0.277. The molecule has 0 aliphatic heterocycles. The van der Waals surface area contributed by atoms with Crippen molar-refractivity contribution in [2.45, 2.75) is 65.0 Å². The Morgan fingerprint density at radius 2 is 2.18 bits per heavy atom. The molecule has 0 radical (unpaired) electrons. The molecule has 1 aromatic rings. The first-order valence-corrected chi connectivity index (χ1v) is 7.11. The average Bonchev–Trinajstić information content (AvgIpc) is 2.60. The SMILES string of the molecule is CC(C)CCCn1cc2c(c1)C(N)CCCC2. The first-order chi connectivity index (χ1) is 8.16. The van der Waals surface area contributed by atoms with Crippen molar-refractivity contribution in [2.75, 3.05) is 0 Å². The van der Waals surface area contributed by atoms with Crippen LogP contribution in [0.5, 0.6) is 0 Å². The van der Waals surface area contributed by atoms with Gasteiger partial charge in [0.05, 0.1) is 0 Å². The first-order valence-electron chi connectivity index (χ1n) is 7.11. The topological polar surface area (TPSA) is 30.9 Å². The average molecular weight is 234 g/mol. The summed E-state index contributed by atoms with van der Waals surface area (Å²) in [5.41, 5.74) is 9.13. The molecule has 2 heteroatoms. The molecule has 0 aromatic carbocycles. The molecule has 0 bridgehead atoms. The highest BCUT2D eigenvalue weighted by Crippen LogP contribution is 2.27. The molecule has 1 heterocycles. The van der Waals surface area contributed by atoms with Gasteiger partial charge in [0.2, 0.25) is 0 Å². The molecule has 0 amide bonds. The van der Waals surface area contributed by atoms with Gasteiger partial charge in [-0.1, -0.05) is 20.3 Å². The molecule has 0 fully saturated rings. The van der Waals surface area contributed by atoms with Crippen LogP contribution in [0.15, 0.2) is 12.4 Å². The maximum absolute atomic E-state index is 6.22. The van der Waals surface area contributed by atoms with E-state index < -0.39 is 0 Å². The Labute approximate surface area is 105 Å². The van der Waals surface area contributed by atoms with E-state index in [1.807, 2.05) is 0 Å². The van der Waals surface area contributed by atoms with E-state index in [4.69, 9.17) is 5.73 Å². The Morgan fingerprint density at radius 1 is 1.35 bits per heavy atom. The maximum Gasteiger partial charge on any atom is 0.0312 e. The lowest BCUT2D eigenvalue weighted by molar-refractivity contribution is 0.511. The van der Waals surface area contributed by atoms with E-state index in [9.17, 15) is 0 Å². The van der Waals surface area contributed by atoms with E-state index in [1.165, 1.54) is 43.2 Å². The molecule has 1 aliphatic carbocycles. The van der Waals surface area contributed by atoms with Gasteiger partial charge in [-0.3, -0.25) is 0 Å². The lowest BCUT2D eigenvalue weighted by Crippen LogP contribution is -2.09. The van der Waals surface area contributed by atoms with Crippen molar-refractivity contribution in [2.24, 2.45) is 11.7 Å². The van der Waals surface area contributed by atoms with Gasteiger partial charge in [0.25, 0.3) is 0 Å². The van der Waals surface area contributed by atoms with Crippen LogP contribution in [0.25, 0.3) is 0 Å². The van der Waals surface area contributed by atoms with Crippen molar-refractivity contribution >= 4 is 0 Å². The van der Waals surface area contributed by atoms with E-state index in [2.05, 4.69) is 30.8 Å². The zero-order chi connectivity index (χ0) is 12.3. The summed E-state index contributed by atoms with van der Waals surface area (Å²) in [5, 5.41) is 0. The summed E-state index contributed by atoms with van der Waals surface area (Å²) in [7, 11) is 0. The van der Waals surface area contributed by atoms with Crippen LogP contribution < -0.4 is 5.73 Å². The highest BCUT2D eigenvalue weighted by Gasteiger charge is 2.16. The third-order valence-electron chi connectivity index (χ3n) is 3.81. The number of fused-ring (bicyclic) bond motifs is 1. The molecule has 0 saturated carbocycles. The van der Waals surface area contributed by atoms with Crippen LogP contribution in [-0.2, 0) is 13.0 Å². The van der Waals surface area contributed by atoms with Gasteiger partial charge >= 0.3 is 0 Å². The fourth-order valence-corrected chi connectivity index (χ4v) is 2.76. The molecule has 96 valence electrons. The van der Waals surface area contributed by atoms with Crippen molar-refractivity contribution in [1.82, 2.24) is 4.57 Å². The van der Waals surface area contributed by atoms with Crippen molar-refractivity contribution in [3.05, 3.63) is 23.5 Å². The fraction of sp³-hybridized carbons (Fsp3) is 0.733. The Hall–Kier alpha value is -0.760. The Balaban J connectivity index is 1.98. The Kier molecular flexibility index (Phi) is 4.27. The molecule has 2 nitrogen and oxygen atoms in total. The number of nitrogens with zero attached hydrogens (tertiary/aromatic N) is 1. The van der Waals surface area contributed by atoms with Gasteiger partial charge in [-0.25, -0.2) is 0 Å². The van der Waals surface area contributed by atoms with E-state index in [1.54, 1.807) is 0 Å². The number of hydrogen-bond donors (Lipinski definition) is 1.